The molecule has 0 fully saturated rings. The Balaban J connectivity index is 1.83. The first-order chi connectivity index (χ1) is 12.1. The zero-order chi connectivity index (χ0) is 17.4. The maximum atomic E-state index is 4.81. The molecule has 0 saturated carbocycles. The number of hydrogen-bond acceptors (Lipinski definition) is 5. The number of hydrogen-bond donors (Lipinski definition) is 0. The molecule has 4 heterocycles. The van der Waals surface area contributed by atoms with Crippen molar-refractivity contribution in [3.63, 3.8) is 0 Å². The van der Waals surface area contributed by atoms with Crippen LogP contribution in [0.15, 0.2) is 52.7 Å². The number of rotatable bonds is 4. The van der Waals surface area contributed by atoms with E-state index in [0.29, 0.717) is 0 Å². The fourth-order valence-electron chi connectivity index (χ4n) is 2.79. The second-order valence-corrected chi connectivity index (χ2v) is 7.65. The van der Waals surface area contributed by atoms with Crippen molar-refractivity contribution in [2.75, 3.05) is 11.9 Å². The SMILES string of the molecule is Cc1ccsc1-c1cc(N(C)Cc2cccnc2)n2ncc(Br)c2n1. The normalized spacial score (nSPS) is 11.2. The van der Waals surface area contributed by atoms with Crippen LogP contribution >= 0.6 is 27.3 Å². The van der Waals surface area contributed by atoms with Crippen molar-refractivity contribution < 1.29 is 0 Å². The number of thiophene rings is 1. The topological polar surface area (TPSA) is 46.3 Å². The molecule has 5 nitrogen and oxygen atoms in total. The number of nitrogens with zero attached hydrogens (tertiary/aromatic N) is 5. The Labute approximate surface area is 158 Å². The molecule has 0 aliphatic carbocycles. The third kappa shape index (κ3) is 3.05. The molecule has 0 aliphatic rings. The van der Waals surface area contributed by atoms with E-state index in [-0.39, 0.29) is 0 Å². The van der Waals surface area contributed by atoms with Gasteiger partial charge in [-0.1, -0.05) is 6.07 Å². The minimum absolute atomic E-state index is 0.743. The summed E-state index contributed by atoms with van der Waals surface area (Å²) in [6, 6.07) is 8.25. The number of aryl methyl sites for hydroxylation is 1. The van der Waals surface area contributed by atoms with E-state index >= 15 is 0 Å². The summed E-state index contributed by atoms with van der Waals surface area (Å²) in [4.78, 5) is 12.4. The highest BCUT2D eigenvalue weighted by Gasteiger charge is 2.16. The lowest BCUT2D eigenvalue weighted by Crippen LogP contribution is -2.20. The predicted octanol–water partition coefficient (Wildman–Crippen LogP) is 4.56. The van der Waals surface area contributed by atoms with Crippen molar-refractivity contribution in [3.05, 3.63) is 63.8 Å². The Bertz CT molecular complexity index is 1020. The van der Waals surface area contributed by atoms with Crippen LogP contribution in [-0.2, 0) is 6.54 Å². The highest BCUT2D eigenvalue weighted by Crippen LogP contribution is 2.32. The third-order valence-electron chi connectivity index (χ3n) is 4.04. The lowest BCUT2D eigenvalue weighted by molar-refractivity contribution is 0.830. The predicted molar refractivity (Wildman–Crippen MR) is 105 cm³/mol. The summed E-state index contributed by atoms with van der Waals surface area (Å²) in [5.74, 6) is 0.988. The second-order valence-electron chi connectivity index (χ2n) is 5.88. The van der Waals surface area contributed by atoms with Crippen LogP contribution in [0.2, 0.25) is 0 Å². The maximum absolute atomic E-state index is 4.81. The molecule has 0 aromatic carbocycles. The van der Waals surface area contributed by atoms with Gasteiger partial charge in [-0.05, 0) is 51.5 Å². The highest BCUT2D eigenvalue weighted by atomic mass is 79.9. The van der Waals surface area contributed by atoms with E-state index in [1.165, 1.54) is 10.4 Å². The Morgan fingerprint density at radius 1 is 1.28 bits per heavy atom. The van der Waals surface area contributed by atoms with Crippen molar-refractivity contribution in [3.8, 4) is 10.6 Å². The van der Waals surface area contributed by atoms with Crippen molar-refractivity contribution in [1.29, 1.82) is 0 Å². The van der Waals surface area contributed by atoms with Gasteiger partial charge in [0.25, 0.3) is 0 Å². The van der Waals surface area contributed by atoms with E-state index in [2.05, 4.69) is 68.5 Å². The summed E-state index contributed by atoms with van der Waals surface area (Å²) in [6.45, 7) is 2.86. The molecule has 0 unspecified atom stereocenters. The number of halogens is 1. The number of fused-ring (bicyclic) bond motifs is 1. The molecule has 4 aromatic rings. The van der Waals surface area contributed by atoms with Crippen LogP contribution in [0.25, 0.3) is 16.2 Å². The monoisotopic (exact) mass is 413 g/mol. The summed E-state index contributed by atoms with van der Waals surface area (Å²) in [7, 11) is 2.06. The molecule has 126 valence electrons. The minimum atomic E-state index is 0.743. The van der Waals surface area contributed by atoms with Gasteiger partial charge in [0.05, 0.1) is 21.2 Å². The van der Waals surface area contributed by atoms with Gasteiger partial charge >= 0.3 is 0 Å². The van der Waals surface area contributed by atoms with Crippen molar-refractivity contribution >= 4 is 38.7 Å². The molecule has 4 aromatic heterocycles. The molecule has 25 heavy (non-hydrogen) atoms. The van der Waals surface area contributed by atoms with E-state index in [1.54, 1.807) is 23.7 Å². The quantitative estimate of drug-likeness (QED) is 0.491. The molecule has 4 rings (SSSR count). The lowest BCUT2D eigenvalue weighted by atomic mass is 10.2. The number of aromatic nitrogens is 4. The maximum Gasteiger partial charge on any atom is 0.172 e. The van der Waals surface area contributed by atoms with E-state index in [9.17, 15) is 0 Å². The van der Waals surface area contributed by atoms with Gasteiger partial charge in [-0.25, -0.2) is 4.98 Å². The summed E-state index contributed by atoms with van der Waals surface area (Å²) in [5.41, 5.74) is 4.17. The van der Waals surface area contributed by atoms with Gasteiger partial charge in [-0.3, -0.25) is 4.98 Å². The van der Waals surface area contributed by atoms with E-state index in [0.717, 1.165) is 33.7 Å². The van der Waals surface area contributed by atoms with Gasteiger partial charge in [-0.2, -0.15) is 9.61 Å². The summed E-state index contributed by atoms with van der Waals surface area (Å²) < 4.78 is 2.76. The van der Waals surface area contributed by atoms with Crippen LogP contribution in [0.5, 0.6) is 0 Å². The van der Waals surface area contributed by atoms with Gasteiger partial charge in [0, 0.05) is 32.1 Å². The molecule has 0 saturated heterocycles. The first-order valence-electron chi connectivity index (χ1n) is 7.82. The van der Waals surface area contributed by atoms with Gasteiger partial charge in [-0.15, -0.1) is 11.3 Å². The minimum Gasteiger partial charge on any atom is -0.355 e. The fourth-order valence-corrected chi connectivity index (χ4v) is 4.03. The van der Waals surface area contributed by atoms with Crippen LogP contribution in [0.4, 0.5) is 5.82 Å². The molecule has 0 spiro atoms. The molecular weight excluding hydrogens is 398 g/mol. The van der Waals surface area contributed by atoms with E-state index in [1.807, 2.05) is 16.8 Å². The molecule has 0 atom stereocenters. The van der Waals surface area contributed by atoms with Crippen molar-refractivity contribution in [1.82, 2.24) is 19.6 Å². The standard InChI is InChI=1S/C18H16BrN5S/c1-12-5-7-25-17(12)15-8-16(24-18(22-15)14(19)10-21-24)23(2)11-13-4-3-6-20-9-13/h3-10H,11H2,1-2H3. The van der Waals surface area contributed by atoms with E-state index < -0.39 is 0 Å². The molecular formula is C18H16BrN5S. The lowest BCUT2D eigenvalue weighted by Gasteiger charge is -2.20. The van der Waals surface area contributed by atoms with Crippen molar-refractivity contribution in [2.24, 2.45) is 0 Å². The average molecular weight is 414 g/mol. The summed E-state index contributed by atoms with van der Waals surface area (Å²) in [6.07, 6.45) is 5.46. The second kappa shape index (κ2) is 6.57. The third-order valence-corrected chi connectivity index (χ3v) is 5.64. The Kier molecular flexibility index (Phi) is 4.27. The smallest absolute Gasteiger partial charge is 0.172 e. The molecule has 0 N–H and O–H groups in total. The molecule has 7 heteroatoms. The van der Waals surface area contributed by atoms with Crippen LogP contribution < -0.4 is 4.90 Å². The Morgan fingerprint density at radius 3 is 2.88 bits per heavy atom. The molecule has 0 amide bonds. The van der Waals surface area contributed by atoms with Gasteiger partial charge in [0.1, 0.15) is 5.82 Å². The zero-order valence-corrected chi connectivity index (χ0v) is 16.3. The van der Waals surface area contributed by atoms with Crippen molar-refractivity contribution in [2.45, 2.75) is 13.5 Å². The van der Waals surface area contributed by atoms with Crippen LogP contribution in [0.3, 0.4) is 0 Å². The first-order valence-corrected chi connectivity index (χ1v) is 9.49. The molecule has 0 bridgehead atoms. The van der Waals surface area contributed by atoms with E-state index in [4.69, 9.17) is 4.98 Å². The van der Waals surface area contributed by atoms with Gasteiger partial charge in [0.2, 0.25) is 0 Å². The number of anilines is 1. The van der Waals surface area contributed by atoms with Gasteiger partial charge in [0.15, 0.2) is 5.65 Å². The Morgan fingerprint density at radius 2 is 2.16 bits per heavy atom. The Hall–Kier alpha value is -2.25. The van der Waals surface area contributed by atoms with Crippen LogP contribution in [0, 0.1) is 6.92 Å². The molecule has 0 aliphatic heterocycles. The largest absolute Gasteiger partial charge is 0.355 e. The molecule has 0 radical (unpaired) electrons. The van der Waals surface area contributed by atoms with Gasteiger partial charge < -0.3 is 4.90 Å². The highest BCUT2D eigenvalue weighted by molar-refractivity contribution is 9.10. The fraction of sp³-hybridized carbons (Fsp3) is 0.167. The summed E-state index contributed by atoms with van der Waals surface area (Å²) >= 11 is 5.27. The van der Waals surface area contributed by atoms with Crippen LogP contribution in [0.1, 0.15) is 11.1 Å². The average Bonchev–Trinajstić information content (AvgIpc) is 3.21. The summed E-state index contributed by atoms with van der Waals surface area (Å²) in [5, 5.41) is 6.58. The number of pyridine rings is 1. The van der Waals surface area contributed by atoms with Crippen LogP contribution in [-0.4, -0.2) is 26.6 Å². The first kappa shape index (κ1) is 16.2. The zero-order valence-electron chi connectivity index (χ0n) is 13.8.